The summed E-state index contributed by atoms with van der Waals surface area (Å²) in [5.41, 5.74) is 0.615. The number of tetrazole rings is 1. The molecule has 2 heterocycles. The molecule has 1 unspecified atom stereocenters. The van der Waals surface area contributed by atoms with Gasteiger partial charge in [0, 0.05) is 24.4 Å². The maximum absolute atomic E-state index is 9.93. The minimum Gasteiger partial charge on any atom is -0.388 e. The van der Waals surface area contributed by atoms with E-state index in [-0.39, 0.29) is 6.42 Å². The average molecular weight is 240 g/mol. The van der Waals surface area contributed by atoms with Crippen molar-refractivity contribution < 1.29 is 5.11 Å². The number of hydrogen-bond acceptors (Lipinski definition) is 5. The van der Waals surface area contributed by atoms with Gasteiger partial charge in [0.25, 0.3) is 0 Å². The lowest BCUT2D eigenvalue weighted by Crippen LogP contribution is -2.04. The van der Waals surface area contributed by atoms with Crippen LogP contribution in [0.2, 0.25) is 5.02 Å². The predicted molar refractivity (Wildman–Crippen MR) is 56.7 cm³/mol. The van der Waals surface area contributed by atoms with E-state index in [2.05, 4.69) is 20.4 Å². The Morgan fingerprint density at radius 2 is 2.38 bits per heavy atom. The van der Waals surface area contributed by atoms with Crippen LogP contribution >= 0.6 is 11.6 Å². The van der Waals surface area contributed by atoms with Crippen molar-refractivity contribution in [1.82, 2.24) is 25.2 Å². The minimum absolute atomic E-state index is 0.275. The second-order valence-electron chi connectivity index (χ2n) is 3.31. The van der Waals surface area contributed by atoms with E-state index in [0.717, 1.165) is 0 Å². The molecule has 0 aliphatic heterocycles. The monoisotopic (exact) mass is 239 g/mol. The molecule has 7 heteroatoms. The molecule has 84 valence electrons. The first-order valence-corrected chi connectivity index (χ1v) is 5.05. The fourth-order valence-electron chi connectivity index (χ4n) is 1.34. The van der Waals surface area contributed by atoms with Gasteiger partial charge in [-0.3, -0.25) is 4.98 Å². The first kappa shape index (κ1) is 11.0. The summed E-state index contributed by atoms with van der Waals surface area (Å²) >= 11 is 5.91. The SMILES string of the molecule is Cn1nnc(CC(O)c2ccncc2Cl)n1. The second kappa shape index (κ2) is 4.54. The smallest absolute Gasteiger partial charge is 0.177 e. The van der Waals surface area contributed by atoms with Crippen LogP contribution in [0.3, 0.4) is 0 Å². The van der Waals surface area contributed by atoms with Crippen molar-refractivity contribution in [3.8, 4) is 0 Å². The summed E-state index contributed by atoms with van der Waals surface area (Å²) in [4.78, 5) is 5.19. The molecule has 1 atom stereocenters. The Morgan fingerprint density at radius 1 is 1.56 bits per heavy atom. The average Bonchev–Trinajstić information content (AvgIpc) is 2.64. The Bertz CT molecular complexity index is 486. The van der Waals surface area contributed by atoms with Gasteiger partial charge in [0.2, 0.25) is 0 Å². The molecular weight excluding hydrogens is 230 g/mol. The van der Waals surface area contributed by atoms with Gasteiger partial charge in [-0.2, -0.15) is 4.80 Å². The Balaban J connectivity index is 2.14. The summed E-state index contributed by atoms with van der Waals surface area (Å²) in [5, 5.41) is 21.8. The minimum atomic E-state index is -0.750. The number of halogens is 1. The summed E-state index contributed by atoms with van der Waals surface area (Å²) in [5.74, 6) is 0.475. The van der Waals surface area contributed by atoms with Crippen LogP contribution in [0, 0.1) is 0 Å². The number of aliphatic hydroxyl groups excluding tert-OH is 1. The lowest BCUT2D eigenvalue weighted by Gasteiger charge is -2.09. The van der Waals surface area contributed by atoms with Crippen LogP contribution in [0.4, 0.5) is 0 Å². The normalized spacial score (nSPS) is 12.7. The molecule has 6 nitrogen and oxygen atoms in total. The zero-order valence-corrected chi connectivity index (χ0v) is 9.33. The molecule has 0 saturated heterocycles. The molecule has 0 bridgehead atoms. The lowest BCUT2D eigenvalue weighted by atomic mass is 10.1. The lowest BCUT2D eigenvalue weighted by molar-refractivity contribution is 0.175. The number of aryl methyl sites for hydroxylation is 1. The van der Waals surface area contributed by atoms with Gasteiger partial charge in [-0.25, -0.2) is 0 Å². The van der Waals surface area contributed by atoms with E-state index in [4.69, 9.17) is 11.6 Å². The first-order valence-electron chi connectivity index (χ1n) is 4.67. The summed E-state index contributed by atoms with van der Waals surface area (Å²) in [6.45, 7) is 0. The number of rotatable bonds is 3. The molecule has 0 aromatic carbocycles. The third-order valence-corrected chi connectivity index (χ3v) is 2.40. The van der Waals surface area contributed by atoms with Gasteiger partial charge in [0.15, 0.2) is 5.82 Å². The molecule has 1 N–H and O–H groups in total. The van der Waals surface area contributed by atoms with E-state index < -0.39 is 6.10 Å². The summed E-state index contributed by atoms with van der Waals surface area (Å²) in [6, 6.07) is 1.67. The third kappa shape index (κ3) is 2.34. The first-order chi connectivity index (χ1) is 7.66. The topological polar surface area (TPSA) is 76.7 Å². The van der Waals surface area contributed by atoms with Crippen molar-refractivity contribution in [2.45, 2.75) is 12.5 Å². The van der Waals surface area contributed by atoms with E-state index in [9.17, 15) is 5.11 Å². The molecule has 0 radical (unpaired) electrons. The zero-order valence-electron chi connectivity index (χ0n) is 8.58. The predicted octanol–water partition coefficient (Wildman–Crippen LogP) is 0.535. The van der Waals surface area contributed by atoms with Gasteiger partial charge >= 0.3 is 0 Å². The summed E-state index contributed by atoms with van der Waals surface area (Å²) in [6.07, 6.45) is 2.59. The van der Waals surface area contributed by atoms with Crippen molar-refractivity contribution >= 4 is 11.6 Å². The van der Waals surface area contributed by atoms with Gasteiger partial charge in [-0.05, 0) is 11.3 Å². The van der Waals surface area contributed by atoms with Gasteiger partial charge < -0.3 is 5.11 Å². The van der Waals surface area contributed by atoms with Gasteiger partial charge in [-0.1, -0.05) is 11.6 Å². The van der Waals surface area contributed by atoms with Crippen LogP contribution in [-0.4, -0.2) is 30.3 Å². The molecule has 2 aromatic rings. The zero-order chi connectivity index (χ0) is 11.5. The number of aromatic nitrogens is 5. The van der Waals surface area contributed by atoms with E-state index in [1.165, 1.54) is 11.0 Å². The molecule has 2 rings (SSSR count). The number of nitrogens with zero attached hydrogens (tertiary/aromatic N) is 5. The Morgan fingerprint density at radius 3 is 3.00 bits per heavy atom. The standard InChI is InChI=1S/C9H10ClN5O/c1-15-13-9(12-14-15)4-8(16)6-2-3-11-5-7(6)10/h2-3,5,8,16H,4H2,1H3. The maximum atomic E-state index is 9.93. The fraction of sp³-hybridized carbons (Fsp3) is 0.333. The Labute approximate surface area is 96.9 Å². The van der Waals surface area contributed by atoms with Gasteiger partial charge in [0.1, 0.15) is 0 Å². The van der Waals surface area contributed by atoms with E-state index >= 15 is 0 Å². The highest BCUT2D eigenvalue weighted by Crippen LogP contribution is 2.23. The number of pyridine rings is 1. The third-order valence-electron chi connectivity index (χ3n) is 2.09. The van der Waals surface area contributed by atoms with E-state index in [1.54, 1.807) is 19.3 Å². The molecule has 0 aliphatic carbocycles. The molecule has 16 heavy (non-hydrogen) atoms. The molecule has 0 fully saturated rings. The van der Waals surface area contributed by atoms with Crippen molar-refractivity contribution in [2.24, 2.45) is 7.05 Å². The van der Waals surface area contributed by atoms with E-state index in [1.807, 2.05) is 0 Å². The van der Waals surface area contributed by atoms with Crippen LogP contribution in [-0.2, 0) is 13.5 Å². The second-order valence-corrected chi connectivity index (χ2v) is 3.72. The molecule has 0 saturated carbocycles. The molecule has 0 spiro atoms. The van der Waals surface area contributed by atoms with Crippen molar-refractivity contribution in [2.75, 3.05) is 0 Å². The highest BCUT2D eigenvalue weighted by molar-refractivity contribution is 6.31. The highest BCUT2D eigenvalue weighted by atomic mass is 35.5. The van der Waals surface area contributed by atoms with Crippen LogP contribution in [0.25, 0.3) is 0 Å². The van der Waals surface area contributed by atoms with Crippen molar-refractivity contribution in [3.63, 3.8) is 0 Å². The number of hydrogen-bond donors (Lipinski definition) is 1. The van der Waals surface area contributed by atoms with Crippen molar-refractivity contribution in [1.29, 1.82) is 0 Å². The van der Waals surface area contributed by atoms with Crippen LogP contribution < -0.4 is 0 Å². The van der Waals surface area contributed by atoms with Crippen LogP contribution in [0.15, 0.2) is 18.5 Å². The fourth-order valence-corrected chi connectivity index (χ4v) is 1.59. The number of aliphatic hydroxyl groups is 1. The highest BCUT2D eigenvalue weighted by Gasteiger charge is 2.14. The summed E-state index contributed by atoms with van der Waals surface area (Å²) < 4.78 is 0. The molecule has 2 aromatic heterocycles. The largest absolute Gasteiger partial charge is 0.388 e. The van der Waals surface area contributed by atoms with Crippen LogP contribution in [0.5, 0.6) is 0 Å². The van der Waals surface area contributed by atoms with Crippen molar-refractivity contribution in [3.05, 3.63) is 34.9 Å². The Kier molecular flexibility index (Phi) is 3.12. The molecule has 0 aliphatic rings. The molecular formula is C9H10ClN5O. The summed E-state index contributed by atoms with van der Waals surface area (Å²) in [7, 11) is 1.67. The van der Waals surface area contributed by atoms with E-state index in [0.29, 0.717) is 16.4 Å². The molecule has 0 amide bonds. The maximum Gasteiger partial charge on any atom is 0.177 e. The van der Waals surface area contributed by atoms with Crippen LogP contribution in [0.1, 0.15) is 17.5 Å². The quantitative estimate of drug-likeness (QED) is 0.846. The van der Waals surface area contributed by atoms with Gasteiger partial charge in [0.05, 0.1) is 18.2 Å². The Hall–Kier alpha value is -1.53. The van der Waals surface area contributed by atoms with Gasteiger partial charge in [-0.15, -0.1) is 10.2 Å².